The van der Waals surface area contributed by atoms with Crippen molar-refractivity contribution in [2.24, 2.45) is 5.92 Å². The van der Waals surface area contributed by atoms with Crippen LogP contribution in [0.4, 0.5) is 5.69 Å². The van der Waals surface area contributed by atoms with Gasteiger partial charge in [-0.3, -0.25) is 4.31 Å². The summed E-state index contributed by atoms with van der Waals surface area (Å²) in [5.74, 6) is 0.186. The van der Waals surface area contributed by atoms with Crippen LogP contribution in [0.5, 0.6) is 0 Å². The highest BCUT2D eigenvalue weighted by atomic mass is 32.2. The number of nitriles is 2. The van der Waals surface area contributed by atoms with Crippen LogP contribution in [0.1, 0.15) is 18.1 Å². The zero-order valence-electron chi connectivity index (χ0n) is 9.79. The SMILES string of the molecule is CC1CN(c2ccc(C#N)c(C#N)c2)S(=O)(=O)C1. The Labute approximate surface area is 106 Å². The monoisotopic (exact) mass is 261 g/mol. The second-order valence-corrected chi connectivity index (χ2v) is 6.31. The molecule has 0 N–H and O–H groups in total. The Hall–Kier alpha value is -2.05. The van der Waals surface area contributed by atoms with Crippen LogP contribution in [0.3, 0.4) is 0 Å². The first-order chi connectivity index (χ1) is 8.47. The molecule has 1 fully saturated rings. The third kappa shape index (κ3) is 2.03. The second-order valence-electron chi connectivity index (χ2n) is 4.37. The number of nitrogens with zero attached hydrogens (tertiary/aromatic N) is 3. The summed E-state index contributed by atoms with van der Waals surface area (Å²) in [5, 5.41) is 17.7. The predicted octanol–water partition coefficient (Wildman–Crippen LogP) is 1.22. The molecule has 1 aliphatic heterocycles. The van der Waals surface area contributed by atoms with Crippen LogP contribution in [0.2, 0.25) is 0 Å². The van der Waals surface area contributed by atoms with Crippen molar-refractivity contribution >= 4 is 15.7 Å². The molecule has 0 aromatic heterocycles. The molecule has 1 aromatic carbocycles. The zero-order chi connectivity index (χ0) is 13.3. The van der Waals surface area contributed by atoms with Gasteiger partial charge < -0.3 is 0 Å². The van der Waals surface area contributed by atoms with Crippen molar-refractivity contribution < 1.29 is 8.42 Å². The molecule has 18 heavy (non-hydrogen) atoms. The number of benzene rings is 1. The normalized spacial score (nSPS) is 21.3. The number of hydrogen-bond acceptors (Lipinski definition) is 4. The maximum Gasteiger partial charge on any atom is 0.235 e. The van der Waals surface area contributed by atoms with E-state index in [1.54, 1.807) is 6.07 Å². The van der Waals surface area contributed by atoms with Gasteiger partial charge in [0.05, 0.1) is 22.6 Å². The third-order valence-corrected chi connectivity index (χ3v) is 4.86. The Morgan fingerprint density at radius 1 is 1.28 bits per heavy atom. The summed E-state index contributed by atoms with van der Waals surface area (Å²) in [7, 11) is -3.29. The fourth-order valence-corrected chi connectivity index (χ4v) is 3.96. The molecule has 0 saturated carbocycles. The van der Waals surface area contributed by atoms with E-state index < -0.39 is 10.0 Å². The van der Waals surface area contributed by atoms with Crippen LogP contribution in [0.15, 0.2) is 18.2 Å². The third-order valence-electron chi connectivity index (χ3n) is 2.84. The first kappa shape index (κ1) is 12.4. The van der Waals surface area contributed by atoms with Crippen molar-refractivity contribution in [2.45, 2.75) is 6.92 Å². The molecule has 2 rings (SSSR count). The number of sulfonamides is 1. The van der Waals surface area contributed by atoms with E-state index in [-0.39, 0.29) is 22.8 Å². The van der Waals surface area contributed by atoms with Crippen LogP contribution >= 0.6 is 0 Å². The fourth-order valence-electron chi connectivity index (χ4n) is 2.04. The average molecular weight is 261 g/mol. The molecule has 0 spiro atoms. The molecule has 5 nitrogen and oxygen atoms in total. The largest absolute Gasteiger partial charge is 0.270 e. The Kier molecular flexibility index (Phi) is 2.98. The Balaban J connectivity index is 2.49. The molecule has 1 saturated heterocycles. The van der Waals surface area contributed by atoms with Gasteiger partial charge in [-0.05, 0) is 24.1 Å². The van der Waals surface area contributed by atoms with Gasteiger partial charge in [0.1, 0.15) is 12.1 Å². The van der Waals surface area contributed by atoms with E-state index in [4.69, 9.17) is 10.5 Å². The summed E-state index contributed by atoms with van der Waals surface area (Å²) in [6.07, 6.45) is 0. The second kappa shape index (κ2) is 4.32. The van der Waals surface area contributed by atoms with Crippen molar-refractivity contribution in [3.05, 3.63) is 29.3 Å². The topological polar surface area (TPSA) is 85.0 Å². The molecule has 1 heterocycles. The summed E-state index contributed by atoms with van der Waals surface area (Å²) in [6, 6.07) is 8.30. The van der Waals surface area contributed by atoms with Gasteiger partial charge in [-0.2, -0.15) is 10.5 Å². The van der Waals surface area contributed by atoms with Crippen molar-refractivity contribution in [1.29, 1.82) is 10.5 Å². The van der Waals surface area contributed by atoms with Gasteiger partial charge in [0.15, 0.2) is 0 Å². The van der Waals surface area contributed by atoms with Gasteiger partial charge in [-0.1, -0.05) is 6.92 Å². The van der Waals surface area contributed by atoms with Crippen LogP contribution < -0.4 is 4.31 Å². The number of rotatable bonds is 1. The average Bonchev–Trinajstić information content (AvgIpc) is 2.61. The minimum atomic E-state index is -3.29. The highest BCUT2D eigenvalue weighted by Gasteiger charge is 2.33. The first-order valence-corrected chi connectivity index (χ1v) is 7.03. The molecule has 0 amide bonds. The quantitative estimate of drug-likeness (QED) is 0.760. The molecule has 0 aliphatic carbocycles. The lowest BCUT2D eigenvalue weighted by molar-refractivity contribution is 0.598. The van der Waals surface area contributed by atoms with E-state index in [2.05, 4.69) is 0 Å². The van der Waals surface area contributed by atoms with E-state index in [1.807, 2.05) is 19.1 Å². The fraction of sp³-hybridized carbons (Fsp3) is 0.333. The predicted molar refractivity (Wildman–Crippen MR) is 66.2 cm³/mol. The molecular weight excluding hydrogens is 250 g/mol. The molecule has 0 radical (unpaired) electrons. The molecule has 1 unspecified atom stereocenters. The van der Waals surface area contributed by atoms with Gasteiger partial charge in [-0.15, -0.1) is 0 Å². The highest BCUT2D eigenvalue weighted by molar-refractivity contribution is 7.93. The molecule has 92 valence electrons. The van der Waals surface area contributed by atoms with E-state index >= 15 is 0 Å². The first-order valence-electron chi connectivity index (χ1n) is 5.42. The summed E-state index contributed by atoms with van der Waals surface area (Å²) in [6.45, 7) is 2.28. The van der Waals surface area contributed by atoms with Gasteiger partial charge in [0.2, 0.25) is 10.0 Å². The summed E-state index contributed by atoms with van der Waals surface area (Å²) < 4.78 is 25.1. The Morgan fingerprint density at radius 2 is 1.94 bits per heavy atom. The van der Waals surface area contributed by atoms with Gasteiger partial charge in [0.25, 0.3) is 0 Å². The maximum atomic E-state index is 11.9. The minimum Gasteiger partial charge on any atom is -0.270 e. The van der Waals surface area contributed by atoms with Crippen LogP contribution in [0.25, 0.3) is 0 Å². The standard InChI is InChI=1S/C12H11N3O2S/c1-9-7-15(18(16,17)8-9)12-3-2-10(5-13)11(4-12)6-14/h2-4,9H,7-8H2,1H3. The molecule has 1 aromatic rings. The van der Waals surface area contributed by atoms with Gasteiger partial charge >= 0.3 is 0 Å². The van der Waals surface area contributed by atoms with E-state index in [0.29, 0.717) is 12.2 Å². The van der Waals surface area contributed by atoms with Crippen LogP contribution in [-0.4, -0.2) is 20.7 Å². The van der Waals surface area contributed by atoms with E-state index in [0.717, 1.165) is 0 Å². The molecule has 6 heteroatoms. The molecule has 1 atom stereocenters. The number of anilines is 1. The lowest BCUT2D eigenvalue weighted by atomic mass is 10.1. The maximum absolute atomic E-state index is 11.9. The lowest BCUT2D eigenvalue weighted by Crippen LogP contribution is -2.25. The Bertz CT molecular complexity index is 668. The van der Waals surface area contributed by atoms with Crippen molar-refractivity contribution in [3.8, 4) is 12.1 Å². The van der Waals surface area contributed by atoms with Crippen molar-refractivity contribution in [1.82, 2.24) is 0 Å². The van der Waals surface area contributed by atoms with Crippen molar-refractivity contribution in [3.63, 3.8) is 0 Å². The molecular formula is C12H11N3O2S. The highest BCUT2D eigenvalue weighted by Crippen LogP contribution is 2.28. The Morgan fingerprint density at radius 3 is 2.44 bits per heavy atom. The summed E-state index contributed by atoms with van der Waals surface area (Å²) >= 11 is 0. The van der Waals surface area contributed by atoms with Crippen LogP contribution in [0, 0.1) is 28.6 Å². The number of hydrogen-bond donors (Lipinski definition) is 0. The van der Waals surface area contributed by atoms with Crippen LogP contribution in [-0.2, 0) is 10.0 Å². The molecule has 1 aliphatic rings. The molecule has 0 bridgehead atoms. The van der Waals surface area contributed by atoms with Gasteiger partial charge in [-0.25, -0.2) is 8.42 Å². The van der Waals surface area contributed by atoms with Crippen molar-refractivity contribution in [2.75, 3.05) is 16.6 Å². The zero-order valence-corrected chi connectivity index (χ0v) is 10.6. The smallest absolute Gasteiger partial charge is 0.235 e. The summed E-state index contributed by atoms with van der Waals surface area (Å²) in [4.78, 5) is 0. The lowest BCUT2D eigenvalue weighted by Gasteiger charge is -2.17. The minimum absolute atomic E-state index is 0.0659. The van der Waals surface area contributed by atoms with Gasteiger partial charge in [0, 0.05) is 6.54 Å². The van der Waals surface area contributed by atoms with E-state index in [1.165, 1.54) is 16.4 Å². The summed E-state index contributed by atoms with van der Waals surface area (Å²) in [5.41, 5.74) is 0.908. The van der Waals surface area contributed by atoms with E-state index in [9.17, 15) is 8.42 Å².